The number of halogens is 3. The predicted octanol–water partition coefficient (Wildman–Crippen LogP) is 2.92. The molecule has 1 N–H and O–H groups in total. The minimum absolute atomic E-state index is 0.0338. The maximum Gasteiger partial charge on any atom is 0.132 e. The lowest BCUT2D eigenvalue weighted by molar-refractivity contribution is 0.203. The molecule has 3 nitrogen and oxygen atoms in total. The molecule has 18 heavy (non-hydrogen) atoms. The Labute approximate surface area is 108 Å². The van der Waals surface area contributed by atoms with Crippen LogP contribution in [0.25, 0.3) is 0 Å². The maximum atomic E-state index is 13.6. The zero-order valence-corrected chi connectivity index (χ0v) is 10.3. The van der Waals surface area contributed by atoms with Gasteiger partial charge in [-0.05, 0) is 13.0 Å². The molecule has 1 atom stereocenters. The molecule has 0 aliphatic heterocycles. The van der Waals surface area contributed by atoms with Gasteiger partial charge >= 0.3 is 0 Å². The second kappa shape index (κ2) is 5.04. The molecule has 2 rings (SSSR count). The van der Waals surface area contributed by atoms with Gasteiger partial charge in [-0.25, -0.2) is 8.78 Å². The highest BCUT2D eigenvalue weighted by atomic mass is 35.5. The number of rotatable bonds is 3. The number of benzene rings is 1. The summed E-state index contributed by atoms with van der Waals surface area (Å²) in [4.78, 5) is 0. The maximum absolute atomic E-state index is 13.6. The van der Waals surface area contributed by atoms with E-state index in [1.54, 1.807) is 0 Å². The third-order valence-electron chi connectivity index (χ3n) is 2.65. The van der Waals surface area contributed by atoms with Crippen LogP contribution in [0.2, 0.25) is 5.02 Å². The highest BCUT2D eigenvalue weighted by Crippen LogP contribution is 2.29. The molecule has 0 spiro atoms. The minimum Gasteiger partial charge on any atom is -0.382 e. The number of hydrogen-bond acceptors (Lipinski definition) is 2. The van der Waals surface area contributed by atoms with Gasteiger partial charge in [-0.2, -0.15) is 5.10 Å². The Kier molecular flexibility index (Phi) is 3.63. The fourth-order valence-electron chi connectivity index (χ4n) is 1.77. The molecule has 0 saturated carbocycles. The quantitative estimate of drug-likeness (QED) is 0.933. The van der Waals surface area contributed by atoms with E-state index in [1.807, 2.05) is 6.92 Å². The Morgan fingerprint density at radius 3 is 2.78 bits per heavy atom. The summed E-state index contributed by atoms with van der Waals surface area (Å²) in [5.41, 5.74) is 0.262. The van der Waals surface area contributed by atoms with E-state index in [1.165, 1.54) is 16.9 Å². The molecule has 0 amide bonds. The van der Waals surface area contributed by atoms with Gasteiger partial charge in [-0.3, -0.25) is 4.68 Å². The second-order valence-electron chi connectivity index (χ2n) is 3.76. The van der Waals surface area contributed by atoms with Gasteiger partial charge in [0.15, 0.2) is 0 Å². The lowest BCUT2D eigenvalue weighted by Gasteiger charge is -2.14. The summed E-state index contributed by atoms with van der Waals surface area (Å²) in [7, 11) is 0. The van der Waals surface area contributed by atoms with E-state index in [9.17, 15) is 13.9 Å². The molecule has 0 fully saturated rings. The number of aryl methyl sites for hydroxylation is 1. The zero-order chi connectivity index (χ0) is 13.3. The van der Waals surface area contributed by atoms with E-state index in [4.69, 9.17) is 11.6 Å². The van der Waals surface area contributed by atoms with Gasteiger partial charge in [0.25, 0.3) is 0 Å². The van der Waals surface area contributed by atoms with Crippen LogP contribution >= 0.6 is 11.6 Å². The molecule has 6 heteroatoms. The molecule has 0 saturated heterocycles. The summed E-state index contributed by atoms with van der Waals surface area (Å²) in [6.45, 7) is 2.31. The molecule has 2 aromatic rings. The van der Waals surface area contributed by atoms with E-state index in [-0.39, 0.29) is 10.6 Å². The van der Waals surface area contributed by atoms with E-state index in [0.29, 0.717) is 12.2 Å². The number of hydrogen-bond donors (Lipinski definition) is 1. The molecule has 1 heterocycles. The van der Waals surface area contributed by atoms with Crippen LogP contribution < -0.4 is 0 Å². The predicted molar refractivity (Wildman–Crippen MR) is 63.3 cm³/mol. The topological polar surface area (TPSA) is 38.0 Å². The summed E-state index contributed by atoms with van der Waals surface area (Å²) < 4.78 is 27.9. The second-order valence-corrected chi connectivity index (χ2v) is 4.17. The molecule has 0 radical (unpaired) electrons. The summed E-state index contributed by atoms with van der Waals surface area (Å²) in [6, 6.07) is 3.00. The SMILES string of the molecule is CCn1ncc(Cl)c1C(O)c1ccc(F)cc1F. The molecular weight excluding hydrogens is 262 g/mol. The smallest absolute Gasteiger partial charge is 0.132 e. The summed E-state index contributed by atoms with van der Waals surface area (Å²) >= 11 is 5.91. The van der Waals surface area contributed by atoms with Crippen molar-refractivity contribution >= 4 is 11.6 Å². The van der Waals surface area contributed by atoms with Crippen LogP contribution in [-0.4, -0.2) is 14.9 Å². The van der Waals surface area contributed by atoms with Gasteiger partial charge in [0.1, 0.15) is 17.7 Å². The first kappa shape index (κ1) is 13.0. The fraction of sp³-hybridized carbons (Fsp3) is 0.250. The van der Waals surface area contributed by atoms with Gasteiger partial charge in [-0.1, -0.05) is 17.7 Å². The van der Waals surface area contributed by atoms with Crippen LogP contribution in [0.5, 0.6) is 0 Å². The van der Waals surface area contributed by atoms with Gasteiger partial charge in [-0.15, -0.1) is 0 Å². The zero-order valence-electron chi connectivity index (χ0n) is 9.57. The summed E-state index contributed by atoms with van der Waals surface area (Å²) in [5, 5.41) is 14.3. The van der Waals surface area contributed by atoms with Crippen molar-refractivity contribution in [3.8, 4) is 0 Å². The van der Waals surface area contributed by atoms with Crippen LogP contribution in [0.1, 0.15) is 24.3 Å². The minimum atomic E-state index is -1.28. The third kappa shape index (κ3) is 2.23. The molecule has 0 aliphatic rings. The Balaban J connectivity index is 2.47. The van der Waals surface area contributed by atoms with Crippen molar-refractivity contribution in [3.05, 3.63) is 52.3 Å². The molecule has 0 bridgehead atoms. The fourth-order valence-corrected chi connectivity index (χ4v) is 2.01. The van der Waals surface area contributed by atoms with Crippen molar-refractivity contribution < 1.29 is 13.9 Å². The van der Waals surface area contributed by atoms with Crippen LogP contribution in [0.4, 0.5) is 8.78 Å². The lowest BCUT2D eigenvalue weighted by Crippen LogP contribution is -2.11. The summed E-state index contributed by atoms with van der Waals surface area (Å²) in [6.07, 6.45) is 0.103. The first-order valence-corrected chi connectivity index (χ1v) is 5.76. The Morgan fingerprint density at radius 1 is 1.44 bits per heavy atom. The average Bonchev–Trinajstić information content (AvgIpc) is 2.69. The lowest BCUT2D eigenvalue weighted by atomic mass is 10.1. The van der Waals surface area contributed by atoms with Crippen molar-refractivity contribution in [1.29, 1.82) is 0 Å². The number of aromatic nitrogens is 2. The van der Waals surface area contributed by atoms with Gasteiger partial charge < -0.3 is 5.11 Å². The Bertz CT molecular complexity index is 571. The van der Waals surface area contributed by atoms with Gasteiger partial charge in [0.05, 0.1) is 16.9 Å². The van der Waals surface area contributed by atoms with Crippen LogP contribution in [-0.2, 0) is 6.54 Å². The van der Waals surface area contributed by atoms with Crippen molar-refractivity contribution in [2.24, 2.45) is 0 Å². The van der Waals surface area contributed by atoms with Crippen molar-refractivity contribution in [3.63, 3.8) is 0 Å². The van der Waals surface area contributed by atoms with Crippen LogP contribution in [0.3, 0.4) is 0 Å². The largest absolute Gasteiger partial charge is 0.382 e. The normalized spacial score (nSPS) is 12.7. The number of aliphatic hydroxyl groups is 1. The molecule has 96 valence electrons. The molecule has 1 aromatic carbocycles. The first-order chi connectivity index (χ1) is 8.54. The molecular formula is C12H11ClF2N2O. The Hall–Kier alpha value is -1.46. The van der Waals surface area contributed by atoms with E-state index >= 15 is 0 Å². The van der Waals surface area contributed by atoms with Crippen molar-refractivity contribution in [2.75, 3.05) is 0 Å². The molecule has 0 aliphatic carbocycles. The summed E-state index contributed by atoms with van der Waals surface area (Å²) in [5.74, 6) is -1.51. The van der Waals surface area contributed by atoms with Crippen molar-refractivity contribution in [2.45, 2.75) is 19.6 Å². The van der Waals surface area contributed by atoms with E-state index in [0.717, 1.165) is 12.1 Å². The number of nitrogens with zero attached hydrogens (tertiary/aromatic N) is 2. The van der Waals surface area contributed by atoms with Gasteiger partial charge in [0.2, 0.25) is 0 Å². The van der Waals surface area contributed by atoms with E-state index in [2.05, 4.69) is 5.10 Å². The highest BCUT2D eigenvalue weighted by molar-refractivity contribution is 6.31. The van der Waals surface area contributed by atoms with Crippen LogP contribution in [0.15, 0.2) is 24.4 Å². The van der Waals surface area contributed by atoms with Crippen molar-refractivity contribution in [1.82, 2.24) is 9.78 Å². The van der Waals surface area contributed by atoms with E-state index < -0.39 is 17.7 Å². The molecule has 1 aromatic heterocycles. The standard InChI is InChI=1S/C12H11ClF2N2O/c1-2-17-11(9(13)6-16-17)12(18)8-4-3-7(14)5-10(8)15/h3-6,12,18H,2H2,1H3. The Morgan fingerprint density at radius 2 is 2.17 bits per heavy atom. The first-order valence-electron chi connectivity index (χ1n) is 5.38. The monoisotopic (exact) mass is 272 g/mol. The van der Waals surface area contributed by atoms with Crippen LogP contribution in [0, 0.1) is 11.6 Å². The molecule has 1 unspecified atom stereocenters. The third-order valence-corrected chi connectivity index (χ3v) is 2.94. The number of aliphatic hydroxyl groups excluding tert-OH is 1. The van der Waals surface area contributed by atoms with Gasteiger partial charge in [0, 0.05) is 18.2 Å². The average molecular weight is 273 g/mol. The highest BCUT2D eigenvalue weighted by Gasteiger charge is 2.22.